The molecule has 1 heterocycles. The molecule has 0 aliphatic carbocycles. The lowest BCUT2D eigenvalue weighted by atomic mass is 10.2. The van der Waals surface area contributed by atoms with Crippen LogP contribution in [0.5, 0.6) is 0 Å². The number of morpholine rings is 1. The van der Waals surface area contributed by atoms with Crippen LogP contribution in [0.2, 0.25) is 0 Å². The minimum absolute atomic E-state index is 0.0245. The van der Waals surface area contributed by atoms with Crippen molar-refractivity contribution in [3.8, 4) is 0 Å². The molecule has 0 atom stereocenters. The largest absolute Gasteiger partial charge is 0.478 e. The molecule has 7 nitrogen and oxygen atoms in total. The molecular weight excluding hydrogens is 330 g/mol. The lowest BCUT2D eigenvalue weighted by Crippen LogP contribution is -2.49. The number of aromatic carboxylic acids is 1. The zero-order valence-corrected chi connectivity index (χ0v) is 12.1. The zero-order valence-electron chi connectivity index (χ0n) is 10.6. The standard InChI is InChI=1S/C12H14BrN3O4/c13-8-1-2-10(9(7-8)11(17)18)14-12(19)15-16-3-5-20-6-4-16/h1-2,7H,3-6H2,(H,17,18)(H2,14,15,19). The second-order valence-electron chi connectivity index (χ2n) is 4.16. The van der Waals surface area contributed by atoms with Crippen LogP contribution in [0, 0.1) is 0 Å². The number of nitrogens with one attached hydrogen (secondary N) is 2. The van der Waals surface area contributed by atoms with Gasteiger partial charge in [-0.2, -0.15) is 0 Å². The van der Waals surface area contributed by atoms with Crippen LogP contribution in [0.15, 0.2) is 22.7 Å². The number of hydrogen-bond donors (Lipinski definition) is 3. The van der Waals surface area contributed by atoms with Crippen molar-refractivity contribution in [1.82, 2.24) is 10.4 Å². The average Bonchev–Trinajstić information content (AvgIpc) is 2.41. The zero-order chi connectivity index (χ0) is 14.5. The van der Waals surface area contributed by atoms with Gasteiger partial charge in [-0.15, -0.1) is 0 Å². The molecule has 2 rings (SSSR count). The summed E-state index contributed by atoms with van der Waals surface area (Å²) in [6, 6.07) is 4.16. The number of carbonyl (C=O) groups is 2. The Balaban J connectivity index is 2.01. The molecule has 0 unspecified atom stereocenters. The van der Waals surface area contributed by atoms with Gasteiger partial charge in [-0.05, 0) is 18.2 Å². The summed E-state index contributed by atoms with van der Waals surface area (Å²) in [5.74, 6) is -1.10. The van der Waals surface area contributed by atoms with Crippen molar-refractivity contribution in [2.24, 2.45) is 0 Å². The predicted molar refractivity (Wildman–Crippen MR) is 75.6 cm³/mol. The number of ether oxygens (including phenoxy) is 1. The van der Waals surface area contributed by atoms with E-state index in [0.29, 0.717) is 30.8 Å². The van der Waals surface area contributed by atoms with Gasteiger partial charge in [-0.25, -0.2) is 14.6 Å². The summed E-state index contributed by atoms with van der Waals surface area (Å²) in [6.07, 6.45) is 0. The molecule has 1 aromatic rings. The van der Waals surface area contributed by atoms with Crippen LogP contribution in [0.3, 0.4) is 0 Å². The molecule has 3 N–H and O–H groups in total. The highest BCUT2D eigenvalue weighted by molar-refractivity contribution is 9.10. The third kappa shape index (κ3) is 3.92. The van der Waals surface area contributed by atoms with Crippen LogP contribution in [0.4, 0.5) is 10.5 Å². The number of carboxylic acid groups (broad SMARTS) is 1. The monoisotopic (exact) mass is 343 g/mol. The van der Waals surface area contributed by atoms with Crippen molar-refractivity contribution in [3.05, 3.63) is 28.2 Å². The first-order valence-corrected chi connectivity index (χ1v) is 6.79. The summed E-state index contributed by atoms with van der Waals surface area (Å²) in [4.78, 5) is 23.0. The first kappa shape index (κ1) is 14.8. The number of anilines is 1. The van der Waals surface area contributed by atoms with E-state index in [1.165, 1.54) is 12.1 Å². The highest BCUT2D eigenvalue weighted by atomic mass is 79.9. The Morgan fingerprint density at radius 3 is 2.65 bits per heavy atom. The predicted octanol–water partition coefficient (Wildman–Crippen LogP) is 1.52. The lowest BCUT2D eigenvalue weighted by molar-refractivity contribution is 0.0207. The summed E-state index contributed by atoms with van der Waals surface area (Å²) >= 11 is 3.20. The van der Waals surface area contributed by atoms with Gasteiger partial charge in [0.05, 0.1) is 24.5 Å². The molecule has 1 aromatic carbocycles. The Hall–Kier alpha value is -1.64. The van der Waals surface area contributed by atoms with Gasteiger partial charge in [0.2, 0.25) is 0 Å². The van der Waals surface area contributed by atoms with E-state index in [2.05, 4.69) is 26.7 Å². The SMILES string of the molecule is O=C(Nc1ccc(Br)cc1C(=O)O)NN1CCOCC1. The fourth-order valence-electron chi connectivity index (χ4n) is 1.77. The third-order valence-electron chi connectivity index (χ3n) is 2.73. The van der Waals surface area contributed by atoms with E-state index in [1.807, 2.05) is 0 Å². The second kappa shape index (κ2) is 6.69. The van der Waals surface area contributed by atoms with Gasteiger partial charge in [-0.3, -0.25) is 5.43 Å². The number of carboxylic acids is 1. The maximum absolute atomic E-state index is 11.8. The third-order valence-corrected chi connectivity index (χ3v) is 3.22. The van der Waals surface area contributed by atoms with Gasteiger partial charge in [0.1, 0.15) is 0 Å². The van der Waals surface area contributed by atoms with Crippen LogP contribution in [-0.2, 0) is 4.74 Å². The van der Waals surface area contributed by atoms with Crippen molar-refractivity contribution in [1.29, 1.82) is 0 Å². The maximum atomic E-state index is 11.8. The molecule has 108 valence electrons. The summed E-state index contributed by atoms with van der Waals surface area (Å²) in [5.41, 5.74) is 2.91. The van der Waals surface area contributed by atoms with E-state index in [0.717, 1.165) is 0 Å². The van der Waals surface area contributed by atoms with Gasteiger partial charge in [-0.1, -0.05) is 15.9 Å². The molecule has 20 heavy (non-hydrogen) atoms. The first-order chi connectivity index (χ1) is 9.56. The number of benzene rings is 1. The van der Waals surface area contributed by atoms with Crippen molar-refractivity contribution >= 4 is 33.6 Å². The van der Waals surface area contributed by atoms with Crippen molar-refractivity contribution in [3.63, 3.8) is 0 Å². The fraction of sp³-hybridized carbons (Fsp3) is 0.333. The minimum atomic E-state index is -1.10. The number of hydrogen-bond acceptors (Lipinski definition) is 4. The highest BCUT2D eigenvalue weighted by Gasteiger charge is 2.16. The second-order valence-corrected chi connectivity index (χ2v) is 5.08. The Morgan fingerprint density at radius 2 is 2.00 bits per heavy atom. The summed E-state index contributed by atoms with van der Waals surface area (Å²) in [6.45, 7) is 2.30. The minimum Gasteiger partial charge on any atom is -0.478 e. The molecule has 2 amide bonds. The van der Waals surface area contributed by atoms with Crippen molar-refractivity contribution in [2.75, 3.05) is 31.6 Å². The van der Waals surface area contributed by atoms with Gasteiger partial charge in [0.15, 0.2) is 0 Å². The normalized spacial score (nSPS) is 15.7. The van der Waals surface area contributed by atoms with E-state index in [1.54, 1.807) is 11.1 Å². The number of hydrazine groups is 1. The molecule has 1 aliphatic heterocycles. The number of amides is 2. The van der Waals surface area contributed by atoms with Gasteiger partial charge >= 0.3 is 12.0 Å². The Kier molecular flexibility index (Phi) is 4.94. The summed E-state index contributed by atoms with van der Waals surface area (Å²) < 4.78 is 5.80. The molecule has 1 fully saturated rings. The van der Waals surface area contributed by atoms with Gasteiger partial charge in [0.25, 0.3) is 0 Å². The topological polar surface area (TPSA) is 90.9 Å². The number of urea groups is 1. The molecular formula is C12H14BrN3O4. The number of carbonyl (C=O) groups excluding carboxylic acids is 1. The van der Waals surface area contributed by atoms with Gasteiger partial charge < -0.3 is 15.2 Å². The average molecular weight is 344 g/mol. The Bertz CT molecular complexity index is 517. The van der Waals surface area contributed by atoms with Gasteiger partial charge in [0, 0.05) is 17.6 Å². The lowest BCUT2D eigenvalue weighted by Gasteiger charge is -2.27. The first-order valence-electron chi connectivity index (χ1n) is 5.99. The number of nitrogens with zero attached hydrogens (tertiary/aromatic N) is 1. The van der Waals surface area contributed by atoms with E-state index < -0.39 is 12.0 Å². The summed E-state index contributed by atoms with van der Waals surface area (Å²) in [5, 5.41) is 13.4. The molecule has 8 heteroatoms. The Morgan fingerprint density at radius 1 is 1.30 bits per heavy atom. The maximum Gasteiger partial charge on any atom is 0.337 e. The fourth-order valence-corrected chi connectivity index (χ4v) is 2.13. The highest BCUT2D eigenvalue weighted by Crippen LogP contribution is 2.21. The quantitative estimate of drug-likeness (QED) is 0.773. The van der Waals surface area contributed by atoms with Crippen LogP contribution in [0.1, 0.15) is 10.4 Å². The molecule has 1 saturated heterocycles. The van der Waals surface area contributed by atoms with E-state index in [-0.39, 0.29) is 11.3 Å². The number of rotatable bonds is 3. The Labute approximate surface area is 124 Å². The molecule has 0 saturated carbocycles. The molecule has 0 spiro atoms. The van der Waals surface area contributed by atoms with Crippen LogP contribution < -0.4 is 10.7 Å². The van der Waals surface area contributed by atoms with E-state index in [4.69, 9.17) is 9.84 Å². The molecule has 0 radical (unpaired) electrons. The van der Waals surface area contributed by atoms with Crippen LogP contribution >= 0.6 is 15.9 Å². The molecule has 0 bridgehead atoms. The van der Waals surface area contributed by atoms with Crippen molar-refractivity contribution < 1.29 is 19.4 Å². The van der Waals surface area contributed by atoms with Crippen LogP contribution in [-0.4, -0.2) is 48.4 Å². The molecule has 0 aromatic heterocycles. The van der Waals surface area contributed by atoms with E-state index >= 15 is 0 Å². The van der Waals surface area contributed by atoms with Crippen LogP contribution in [0.25, 0.3) is 0 Å². The van der Waals surface area contributed by atoms with Crippen molar-refractivity contribution in [2.45, 2.75) is 0 Å². The number of halogens is 1. The molecule has 1 aliphatic rings. The van der Waals surface area contributed by atoms with E-state index in [9.17, 15) is 9.59 Å². The summed E-state index contributed by atoms with van der Waals surface area (Å²) in [7, 11) is 0. The smallest absolute Gasteiger partial charge is 0.337 e.